The predicted molar refractivity (Wildman–Crippen MR) is 49.9 cm³/mol. The Morgan fingerprint density at radius 3 is 2.79 bits per heavy atom. The molecule has 7 heteroatoms. The van der Waals surface area contributed by atoms with Crippen molar-refractivity contribution in [3.05, 3.63) is 32.4 Å². The molecule has 0 unspecified atom stereocenters. The fourth-order valence-corrected chi connectivity index (χ4v) is 1.38. The van der Waals surface area contributed by atoms with Gasteiger partial charge in [-0.15, -0.1) is 0 Å². The van der Waals surface area contributed by atoms with Crippen molar-refractivity contribution in [1.29, 1.82) is 0 Å². The lowest BCUT2D eigenvalue weighted by molar-refractivity contribution is -0.389. The Labute approximate surface area is 86.9 Å². The van der Waals surface area contributed by atoms with Gasteiger partial charge in [-0.3, -0.25) is 4.79 Å². The minimum absolute atomic E-state index is 0.253. The van der Waals surface area contributed by atoms with E-state index in [0.717, 1.165) is 6.07 Å². The van der Waals surface area contributed by atoms with Crippen molar-refractivity contribution >= 4 is 27.7 Å². The second-order valence-corrected chi connectivity index (χ2v) is 3.30. The van der Waals surface area contributed by atoms with Crippen molar-refractivity contribution in [2.75, 3.05) is 0 Å². The van der Waals surface area contributed by atoms with Gasteiger partial charge in [0.15, 0.2) is 0 Å². The maximum atomic E-state index is 10.4. The molecule has 1 heterocycles. The Bertz CT molecular complexity index is 393. The number of hydrogen-bond donors (Lipinski definition) is 1. The third-order valence-corrected chi connectivity index (χ3v) is 1.79. The van der Waals surface area contributed by atoms with Crippen LogP contribution in [-0.4, -0.2) is 21.0 Å². The minimum Gasteiger partial charge on any atom is -0.481 e. The monoisotopic (exact) mass is 260 g/mol. The zero-order chi connectivity index (χ0) is 10.7. The lowest BCUT2D eigenvalue weighted by atomic mass is 10.2. The average Bonchev–Trinajstić information content (AvgIpc) is 2.01. The van der Waals surface area contributed by atoms with E-state index in [1.54, 1.807) is 0 Å². The number of carboxylic acids is 1. The number of hydrogen-bond acceptors (Lipinski definition) is 4. The largest absolute Gasteiger partial charge is 0.481 e. The molecule has 0 saturated heterocycles. The maximum absolute atomic E-state index is 10.4. The molecule has 0 aliphatic carbocycles. The summed E-state index contributed by atoms with van der Waals surface area (Å²) in [7, 11) is 0. The molecule has 0 saturated carbocycles. The van der Waals surface area contributed by atoms with Gasteiger partial charge in [0.05, 0.1) is 6.42 Å². The van der Waals surface area contributed by atoms with Crippen LogP contribution in [-0.2, 0) is 11.2 Å². The molecule has 0 aromatic carbocycles. The van der Waals surface area contributed by atoms with Gasteiger partial charge in [-0.1, -0.05) is 0 Å². The van der Waals surface area contributed by atoms with Crippen LogP contribution in [0.15, 0.2) is 16.7 Å². The molecule has 1 N–H and O–H groups in total. The van der Waals surface area contributed by atoms with Gasteiger partial charge < -0.3 is 15.2 Å². The molecular weight excluding hydrogens is 256 g/mol. The first-order valence-corrected chi connectivity index (χ1v) is 4.31. The molecule has 0 atom stereocenters. The third kappa shape index (κ3) is 2.77. The van der Waals surface area contributed by atoms with Crippen LogP contribution in [0.1, 0.15) is 5.56 Å². The first-order chi connectivity index (χ1) is 6.49. The van der Waals surface area contributed by atoms with Gasteiger partial charge in [0.25, 0.3) is 0 Å². The van der Waals surface area contributed by atoms with Crippen LogP contribution in [0.25, 0.3) is 0 Å². The zero-order valence-corrected chi connectivity index (χ0v) is 8.39. The second kappa shape index (κ2) is 4.14. The summed E-state index contributed by atoms with van der Waals surface area (Å²) in [5, 5.41) is 18.8. The van der Waals surface area contributed by atoms with Crippen LogP contribution in [0.4, 0.5) is 5.82 Å². The highest BCUT2D eigenvalue weighted by Gasteiger charge is 2.13. The van der Waals surface area contributed by atoms with E-state index in [2.05, 4.69) is 20.9 Å². The Hall–Kier alpha value is -1.50. The molecule has 0 radical (unpaired) electrons. The van der Waals surface area contributed by atoms with E-state index in [0.29, 0.717) is 5.56 Å². The van der Waals surface area contributed by atoms with Crippen molar-refractivity contribution in [3.8, 4) is 0 Å². The number of nitrogens with zero attached hydrogens (tertiary/aromatic N) is 2. The predicted octanol–water partition coefficient (Wildman–Crippen LogP) is 1.38. The molecule has 74 valence electrons. The Kier molecular flexibility index (Phi) is 3.13. The smallest absolute Gasteiger partial charge is 0.364 e. The first kappa shape index (κ1) is 10.6. The van der Waals surface area contributed by atoms with Crippen LogP contribution in [0.2, 0.25) is 0 Å². The van der Waals surface area contributed by atoms with E-state index in [-0.39, 0.29) is 16.8 Å². The van der Waals surface area contributed by atoms with Gasteiger partial charge in [-0.25, -0.2) is 0 Å². The molecule has 1 aromatic rings. The molecule has 0 amide bonds. The summed E-state index contributed by atoms with van der Waals surface area (Å²) < 4.78 is 0.253. The van der Waals surface area contributed by atoms with Crippen LogP contribution >= 0.6 is 15.9 Å². The number of aliphatic carboxylic acids is 1. The summed E-state index contributed by atoms with van der Waals surface area (Å²) in [5.74, 6) is -1.41. The molecule has 1 aromatic heterocycles. The normalized spacial score (nSPS) is 9.79. The topological polar surface area (TPSA) is 93.3 Å². The van der Waals surface area contributed by atoms with E-state index in [4.69, 9.17) is 5.11 Å². The van der Waals surface area contributed by atoms with E-state index < -0.39 is 10.9 Å². The fraction of sp³-hybridized carbons (Fsp3) is 0.143. The molecule has 0 bridgehead atoms. The molecule has 0 fully saturated rings. The van der Waals surface area contributed by atoms with Gasteiger partial charge in [0.1, 0.15) is 0 Å². The van der Waals surface area contributed by atoms with Gasteiger partial charge in [-0.2, -0.15) is 0 Å². The van der Waals surface area contributed by atoms with Crippen molar-refractivity contribution in [2.45, 2.75) is 6.42 Å². The first-order valence-electron chi connectivity index (χ1n) is 3.51. The summed E-state index contributed by atoms with van der Waals surface area (Å²) in [6.07, 6.45) is -0.262. The molecular formula is C7H5BrN2O4. The van der Waals surface area contributed by atoms with Crippen molar-refractivity contribution in [2.24, 2.45) is 0 Å². The summed E-state index contributed by atoms with van der Waals surface area (Å²) in [5.41, 5.74) is 0.339. The fourth-order valence-electron chi connectivity index (χ4n) is 0.905. The number of pyridine rings is 1. The van der Waals surface area contributed by atoms with Gasteiger partial charge in [-0.05, 0) is 15.5 Å². The minimum atomic E-state index is -1.04. The number of halogens is 1. The van der Waals surface area contributed by atoms with Crippen molar-refractivity contribution in [1.82, 2.24) is 4.98 Å². The number of rotatable bonds is 3. The average molecular weight is 261 g/mol. The highest BCUT2D eigenvalue weighted by molar-refractivity contribution is 9.10. The number of carbonyl (C=O) groups is 1. The van der Waals surface area contributed by atoms with Crippen LogP contribution in [0.5, 0.6) is 0 Å². The highest BCUT2D eigenvalue weighted by atomic mass is 79.9. The van der Waals surface area contributed by atoms with E-state index in [9.17, 15) is 14.9 Å². The summed E-state index contributed by atoms with van der Waals surface area (Å²) in [4.78, 5) is 23.6. The maximum Gasteiger partial charge on any atom is 0.364 e. The SMILES string of the molecule is O=C(O)Cc1cc(Br)nc([N+](=O)[O-])c1. The Morgan fingerprint density at radius 2 is 2.29 bits per heavy atom. The Balaban J connectivity index is 3.07. The van der Waals surface area contributed by atoms with Crippen LogP contribution in [0, 0.1) is 10.1 Å². The van der Waals surface area contributed by atoms with Gasteiger partial charge in [0, 0.05) is 28.1 Å². The number of carboxylic acid groups (broad SMARTS) is 1. The summed E-state index contributed by atoms with van der Waals surface area (Å²) in [6.45, 7) is 0. The van der Waals surface area contributed by atoms with Crippen molar-refractivity contribution in [3.63, 3.8) is 0 Å². The van der Waals surface area contributed by atoms with E-state index in [1.165, 1.54) is 6.07 Å². The quantitative estimate of drug-likeness (QED) is 0.504. The zero-order valence-electron chi connectivity index (χ0n) is 6.81. The molecule has 6 nitrogen and oxygen atoms in total. The lowest BCUT2D eigenvalue weighted by Crippen LogP contribution is -2.02. The standard InChI is InChI=1S/C7H5BrN2O4/c8-5-1-4(3-7(11)12)2-6(9-5)10(13)14/h1-2H,3H2,(H,11,12). The third-order valence-electron chi connectivity index (χ3n) is 1.38. The molecule has 0 aliphatic rings. The van der Waals surface area contributed by atoms with Crippen LogP contribution < -0.4 is 0 Å². The Morgan fingerprint density at radius 1 is 1.64 bits per heavy atom. The molecule has 1 rings (SSSR count). The molecule has 0 spiro atoms. The van der Waals surface area contributed by atoms with E-state index in [1.807, 2.05) is 0 Å². The summed E-state index contributed by atoms with van der Waals surface area (Å²) >= 11 is 2.96. The van der Waals surface area contributed by atoms with Crippen LogP contribution in [0.3, 0.4) is 0 Å². The second-order valence-electron chi connectivity index (χ2n) is 2.48. The summed E-state index contributed by atoms with van der Waals surface area (Å²) in [6, 6.07) is 2.57. The number of nitro groups is 1. The molecule has 0 aliphatic heterocycles. The lowest BCUT2D eigenvalue weighted by Gasteiger charge is -1.97. The number of aromatic nitrogens is 1. The van der Waals surface area contributed by atoms with E-state index >= 15 is 0 Å². The van der Waals surface area contributed by atoms with Gasteiger partial charge in [0.2, 0.25) is 4.60 Å². The van der Waals surface area contributed by atoms with Gasteiger partial charge >= 0.3 is 11.8 Å². The highest BCUT2D eigenvalue weighted by Crippen LogP contribution is 2.17. The van der Waals surface area contributed by atoms with Crippen molar-refractivity contribution < 1.29 is 14.8 Å². The molecule has 14 heavy (non-hydrogen) atoms.